The Morgan fingerprint density at radius 1 is 0.938 bits per heavy atom. The van der Waals surface area contributed by atoms with E-state index in [1.165, 1.54) is 16.7 Å². The second-order valence-corrected chi connectivity index (χ2v) is 3.62. The Balaban J connectivity index is -0.000000109. The van der Waals surface area contributed by atoms with Crippen molar-refractivity contribution >= 4 is 0 Å². The topological polar surface area (TPSA) is 40.5 Å². The Morgan fingerprint density at radius 3 is 1.31 bits per heavy atom. The minimum atomic E-state index is 0. The summed E-state index contributed by atoms with van der Waals surface area (Å²) in [5, 5.41) is 14.0. The Bertz CT molecular complexity index is 233. The molecule has 4 heteroatoms. The monoisotopic (exact) mass is 282 g/mol. The van der Waals surface area contributed by atoms with Gasteiger partial charge < -0.3 is 22.6 Å². The van der Waals surface area contributed by atoms with Crippen LogP contribution in [0.15, 0.2) is 16.7 Å². The molecule has 0 saturated carbocycles. The molecule has 96 valence electrons. The van der Waals surface area contributed by atoms with Crippen molar-refractivity contribution in [2.24, 2.45) is 5.41 Å². The van der Waals surface area contributed by atoms with Gasteiger partial charge in [-0.15, -0.1) is 6.92 Å². The van der Waals surface area contributed by atoms with Gasteiger partial charge in [-0.1, -0.05) is 33.1 Å². The van der Waals surface area contributed by atoms with E-state index in [0.717, 1.165) is 14.2 Å². The van der Waals surface area contributed by atoms with Gasteiger partial charge in [0, 0.05) is 35.9 Å². The zero-order valence-corrected chi connectivity index (χ0v) is 13.6. The van der Waals surface area contributed by atoms with Gasteiger partial charge in [0.25, 0.3) is 0 Å². The number of hydrogen-bond acceptors (Lipinski definition) is 2. The summed E-state index contributed by atoms with van der Waals surface area (Å²) in [5.74, 6) is 0. The third kappa shape index (κ3) is 6.87. The van der Waals surface area contributed by atoms with E-state index in [1.807, 2.05) is 0 Å². The summed E-state index contributed by atoms with van der Waals surface area (Å²) in [6, 6.07) is 0. The van der Waals surface area contributed by atoms with E-state index in [4.69, 9.17) is 10.2 Å². The van der Waals surface area contributed by atoms with E-state index in [1.54, 1.807) is 0 Å². The number of allylic oxidation sites excluding steroid dienone is 4. The van der Waals surface area contributed by atoms with E-state index >= 15 is 0 Å². The molecule has 0 unspecified atom stereocenters. The molecule has 0 aliphatic heterocycles. The summed E-state index contributed by atoms with van der Waals surface area (Å²) in [6.45, 7) is 10.9. The first-order chi connectivity index (χ1) is 6.45. The Labute approximate surface area is 121 Å². The van der Waals surface area contributed by atoms with Gasteiger partial charge in [-0.25, -0.2) is 5.57 Å². The third-order valence-corrected chi connectivity index (χ3v) is 2.56. The Kier molecular flexibility index (Phi) is 18.8. The first-order valence-corrected chi connectivity index (χ1v) is 4.64. The predicted octanol–water partition coefficient (Wildman–Crippen LogP) is -0.669. The largest absolute Gasteiger partial charge is 1.00 e. The van der Waals surface area contributed by atoms with Crippen molar-refractivity contribution in [2.45, 2.75) is 34.6 Å². The van der Waals surface area contributed by atoms with Gasteiger partial charge in [0.05, 0.1) is 0 Å². The summed E-state index contributed by atoms with van der Waals surface area (Å²) >= 11 is 0. The maximum Gasteiger partial charge on any atom is 0.0319 e. The van der Waals surface area contributed by atoms with E-state index in [-0.39, 0.29) is 39.5 Å². The number of aliphatic hydroxyl groups excluding tert-OH is 2. The first-order valence-electron chi connectivity index (χ1n) is 4.64. The van der Waals surface area contributed by atoms with Crippen molar-refractivity contribution < 1.29 is 44.3 Å². The number of hydrogen-bond donors (Lipinski definition) is 2. The second-order valence-electron chi connectivity index (χ2n) is 3.62. The number of halogens is 1. The third-order valence-electron chi connectivity index (χ3n) is 2.56. The van der Waals surface area contributed by atoms with Crippen LogP contribution in [0.2, 0.25) is 0 Å². The zero-order chi connectivity index (χ0) is 11.9. The molecule has 16 heavy (non-hydrogen) atoms. The molecular formula is C12H23ClO2Ti-2. The summed E-state index contributed by atoms with van der Waals surface area (Å²) in [6.07, 6.45) is 3.44. The van der Waals surface area contributed by atoms with Gasteiger partial charge in [0.2, 0.25) is 0 Å². The van der Waals surface area contributed by atoms with E-state index < -0.39 is 0 Å². The average Bonchev–Trinajstić information content (AvgIpc) is 2.36. The molecule has 2 N–H and O–H groups in total. The molecule has 0 aromatic carbocycles. The zero-order valence-electron chi connectivity index (χ0n) is 11.3. The van der Waals surface area contributed by atoms with Crippen LogP contribution >= 0.6 is 0 Å². The molecule has 1 rings (SSSR count). The quantitative estimate of drug-likeness (QED) is 0.457. The molecule has 0 amide bonds. The van der Waals surface area contributed by atoms with Crippen molar-refractivity contribution in [1.29, 1.82) is 0 Å². The van der Waals surface area contributed by atoms with Crippen molar-refractivity contribution in [3.63, 3.8) is 0 Å². The summed E-state index contributed by atoms with van der Waals surface area (Å²) < 4.78 is 0. The van der Waals surface area contributed by atoms with Crippen LogP contribution in [0.3, 0.4) is 0 Å². The maximum absolute atomic E-state index is 7.00. The SMILES string of the molecule is CC1=[C-]C(C)(C)C(C)=C1C.CO.CO.[Cl-].[Ti]. The molecule has 2 nitrogen and oxygen atoms in total. The van der Waals surface area contributed by atoms with Crippen LogP contribution in [-0.4, -0.2) is 24.4 Å². The molecule has 1 aliphatic rings. The number of aliphatic hydroxyl groups is 2. The van der Waals surface area contributed by atoms with E-state index in [0.29, 0.717) is 0 Å². The molecule has 0 aromatic heterocycles. The fraction of sp³-hybridized carbons (Fsp3) is 0.667. The summed E-state index contributed by atoms with van der Waals surface area (Å²) in [4.78, 5) is 0. The molecule has 0 saturated heterocycles. The van der Waals surface area contributed by atoms with Crippen molar-refractivity contribution in [3.8, 4) is 0 Å². The smallest absolute Gasteiger partial charge is 0.0319 e. The van der Waals surface area contributed by atoms with Crippen LogP contribution in [0.5, 0.6) is 0 Å². The molecule has 0 bridgehead atoms. The van der Waals surface area contributed by atoms with E-state index in [2.05, 4.69) is 40.7 Å². The van der Waals surface area contributed by atoms with Crippen LogP contribution in [0.4, 0.5) is 0 Å². The van der Waals surface area contributed by atoms with Gasteiger partial charge in [0.1, 0.15) is 0 Å². The van der Waals surface area contributed by atoms with Gasteiger partial charge in [-0.2, -0.15) is 11.1 Å². The normalized spacial score (nSPS) is 15.4. The van der Waals surface area contributed by atoms with Crippen LogP contribution in [0, 0.1) is 11.5 Å². The molecule has 1 aliphatic carbocycles. The molecular weight excluding hydrogens is 259 g/mol. The Hall–Kier alpha value is 0.404. The predicted molar refractivity (Wildman–Crippen MR) is 60.9 cm³/mol. The minimum absolute atomic E-state index is 0. The minimum Gasteiger partial charge on any atom is -1.00 e. The number of rotatable bonds is 0. The van der Waals surface area contributed by atoms with Gasteiger partial charge in [-0.05, 0) is 0 Å². The van der Waals surface area contributed by atoms with Crippen molar-refractivity contribution in [2.75, 3.05) is 14.2 Å². The Morgan fingerprint density at radius 2 is 1.25 bits per heavy atom. The second kappa shape index (κ2) is 11.9. The molecule has 0 heterocycles. The van der Waals surface area contributed by atoms with Gasteiger partial charge in [0.15, 0.2) is 0 Å². The molecule has 0 radical (unpaired) electrons. The molecule has 0 fully saturated rings. The summed E-state index contributed by atoms with van der Waals surface area (Å²) in [5.41, 5.74) is 4.39. The fourth-order valence-electron chi connectivity index (χ4n) is 1.41. The standard InChI is InChI=1S/C10H15.2CH4O.ClH.Ti/c1-7-6-10(4,5)9(3)8(7)2;2*1-2;;/h1-5H3;2*2H,1H3;1H;/q-1;;;;/p-1. The van der Waals surface area contributed by atoms with Crippen molar-refractivity contribution in [3.05, 3.63) is 22.8 Å². The van der Waals surface area contributed by atoms with Gasteiger partial charge >= 0.3 is 0 Å². The molecule has 0 atom stereocenters. The molecule has 0 spiro atoms. The average molecular weight is 283 g/mol. The van der Waals surface area contributed by atoms with Gasteiger partial charge in [-0.3, -0.25) is 6.08 Å². The van der Waals surface area contributed by atoms with Crippen LogP contribution in [0.25, 0.3) is 0 Å². The fourth-order valence-corrected chi connectivity index (χ4v) is 1.41. The van der Waals surface area contributed by atoms with Crippen molar-refractivity contribution in [1.82, 2.24) is 0 Å². The maximum atomic E-state index is 7.00. The summed E-state index contributed by atoms with van der Waals surface area (Å²) in [7, 11) is 2.00. The van der Waals surface area contributed by atoms with Crippen LogP contribution in [-0.2, 0) is 21.7 Å². The molecule has 0 aromatic rings. The van der Waals surface area contributed by atoms with Crippen LogP contribution in [0.1, 0.15) is 34.6 Å². The first kappa shape index (κ1) is 25.3. The van der Waals surface area contributed by atoms with Crippen LogP contribution < -0.4 is 12.4 Å². The van der Waals surface area contributed by atoms with E-state index in [9.17, 15) is 0 Å².